The van der Waals surface area contributed by atoms with Crippen molar-refractivity contribution in [3.05, 3.63) is 47.1 Å². The highest BCUT2D eigenvalue weighted by atomic mass is 35.5. The first-order valence-electron chi connectivity index (χ1n) is 6.31. The van der Waals surface area contributed by atoms with E-state index in [1.54, 1.807) is 6.20 Å². The zero-order chi connectivity index (χ0) is 13.7. The first-order chi connectivity index (χ1) is 9.22. The summed E-state index contributed by atoms with van der Waals surface area (Å²) < 4.78 is 0. The van der Waals surface area contributed by atoms with Crippen molar-refractivity contribution in [3.63, 3.8) is 0 Å². The van der Waals surface area contributed by atoms with Crippen molar-refractivity contribution in [1.82, 2.24) is 15.0 Å². The van der Waals surface area contributed by atoms with Crippen molar-refractivity contribution in [2.24, 2.45) is 0 Å². The van der Waals surface area contributed by atoms with Crippen molar-refractivity contribution in [1.29, 1.82) is 0 Å². The van der Waals surface area contributed by atoms with Crippen LogP contribution in [0.2, 0.25) is 5.15 Å². The van der Waals surface area contributed by atoms with Gasteiger partial charge in [-0.25, -0.2) is 9.97 Å². The Bertz CT molecular complexity index is 530. The molecule has 0 aromatic carbocycles. The zero-order valence-electron chi connectivity index (χ0n) is 11.2. The summed E-state index contributed by atoms with van der Waals surface area (Å²) in [4.78, 5) is 14.6. The van der Waals surface area contributed by atoms with Gasteiger partial charge in [0.25, 0.3) is 0 Å². The Morgan fingerprint density at radius 1 is 1.32 bits per heavy atom. The van der Waals surface area contributed by atoms with Crippen LogP contribution >= 0.6 is 11.6 Å². The van der Waals surface area contributed by atoms with E-state index in [0.717, 1.165) is 36.3 Å². The second kappa shape index (κ2) is 6.48. The summed E-state index contributed by atoms with van der Waals surface area (Å²) in [5.41, 5.74) is 2.15. The van der Waals surface area contributed by atoms with Crippen LogP contribution in [-0.2, 0) is 13.0 Å². The van der Waals surface area contributed by atoms with Gasteiger partial charge in [0, 0.05) is 31.5 Å². The Hall–Kier alpha value is -1.68. The molecule has 0 aliphatic carbocycles. The maximum atomic E-state index is 6.17. The van der Waals surface area contributed by atoms with E-state index in [1.165, 1.54) is 6.33 Å². The summed E-state index contributed by atoms with van der Waals surface area (Å²) >= 11 is 6.17. The van der Waals surface area contributed by atoms with Crippen LogP contribution in [0, 0.1) is 0 Å². The molecule has 0 fully saturated rings. The van der Waals surface area contributed by atoms with Crippen LogP contribution in [-0.4, -0.2) is 22.0 Å². The van der Waals surface area contributed by atoms with Gasteiger partial charge in [0.05, 0.1) is 0 Å². The minimum absolute atomic E-state index is 0.546. The predicted molar refractivity (Wildman–Crippen MR) is 77.4 cm³/mol. The minimum Gasteiger partial charge on any atom is -0.355 e. The predicted octanol–water partition coefficient (Wildman–Crippen LogP) is 3.11. The van der Waals surface area contributed by atoms with Crippen LogP contribution in [0.1, 0.15) is 24.5 Å². The summed E-state index contributed by atoms with van der Waals surface area (Å²) in [7, 11) is 2.00. The average Bonchev–Trinajstić information content (AvgIpc) is 2.42. The summed E-state index contributed by atoms with van der Waals surface area (Å²) in [6.07, 6.45) is 7.04. The lowest BCUT2D eigenvalue weighted by molar-refractivity contribution is 0.840. The first-order valence-corrected chi connectivity index (χ1v) is 6.69. The smallest absolute Gasteiger partial charge is 0.137 e. The lowest BCUT2D eigenvalue weighted by Crippen LogP contribution is -2.20. The number of anilines is 1. The van der Waals surface area contributed by atoms with Gasteiger partial charge in [-0.05, 0) is 18.1 Å². The molecule has 0 amide bonds. The Morgan fingerprint density at radius 2 is 2.16 bits per heavy atom. The van der Waals surface area contributed by atoms with Gasteiger partial charge in [-0.1, -0.05) is 31.0 Å². The molecule has 100 valence electrons. The molecule has 0 atom stereocenters. The van der Waals surface area contributed by atoms with Crippen molar-refractivity contribution in [2.75, 3.05) is 11.9 Å². The monoisotopic (exact) mass is 276 g/mol. The normalized spacial score (nSPS) is 10.5. The van der Waals surface area contributed by atoms with Gasteiger partial charge in [0.15, 0.2) is 0 Å². The number of pyridine rings is 1. The molecule has 19 heavy (non-hydrogen) atoms. The molecule has 2 aromatic heterocycles. The molecule has 0 aliphatic rings. The summed E-state index contributed by atoms with van der Waals surface area (Å²) in [6, 6.07) is 3.98. The molecule has 2 heterocycles. The Kier molecular flexibility index (Phi) is 4.68. The highest BCUT2D eigenvalue weighted by Gasteiger charge is 2.13. The summed E-state index contributed by atoms with van der Waals surface area (Å²) in [5.74, 6) is 0.894. The summed E-state index contributed by atoms with van der Waals surface area (Å²) in [6.45, 7) is 2.87. The third-order valence-corrected chi connectivity index (χ3v) is 3.20. The van der Waals surface area contributed by atoms with E-state index in [4.69, 9.17) is 11.6 Å². The van der Waals surface area contributed by atoms with Crippen molar-refractivity contribution < 1.29 is 0 Å². The molecular weight excluding hydrogens is 260 g/mol. The molecule has 0 saturated heterocycles. The van der Waals surface area contributed by atoms with Gasteiger partial charge in [-0.15, -0.1) is 0 Å². The van der Waals surface area contributed by atoms with Crippen molar-refractivity contribution in [3.8, 4) is 0 Å². The molecule has 0 N–H and O–H groups in total. The maximum absolute atomic E-state index is 6.17. The molecule has 0 aliphatic heterocycles. The molecule has 0 spiro atoms. The van der Waals surface area contributed by atoms with Gasteiger partial charge in [-0.3, -0.25) is 4.98 Å². The largest absolute Gasteiger partial charge is 0.355 e. The highest BCUT2D eigenvalue weighted by molar-refractivity contribution is 6.30. The SMILES string of the molecule is CCCc1c(Cl)ncnc1N(C)Cc1cccnc1. The van der Waals surface area contributed by atoms with Gasteiger partial charge < -0.3 is 4.90 Å². The molecule has 0 bridgehead atoms. The van der Waals surface area contributed by atoms with Crippen LogP contribution < -0.4 is 4.90 Å². The first kappa shape index (κ1) is 13.7. The fourth-order valence-corrected chi connectivity index (χ4v) is 2.24. The quantitative estimate of drug-likeness (QED) is 0.787. The van der Waals surface area contributed by atoms with Crippen LogP contribution in [0.25, 0.3) is 0 Å². The Labute approximate surface area is 118 Å². The lowest BCUT2D eigenvalue weighted by atomic mass is 10.1. The van der Waals surface area contributed by atoms with Crippen molar-refractivity contribution in [2.45, 2.75) is 26.3 Å². The molecule has 0 saturated carbocycles. The number of hydrogen-bond donors (Lipinski definition) is 0. The molecule has 2 aromatic rings. The standard InChI is InChI=1S/C14H17ClN4/c1-3-5-12-13(15)17-10-18-14(12)19(2)9-11-6-4-7-16-8-11/h4,6-8,10H,3,5,9H2,1-2H3. The van der Waals surface area contributed by atoms with Crippen LogP contribution in [0.15, 0.2) is 30.9 Å². The van der Waals surface area contributed by atoms with Crippen molar-refractivity contribution >= 4 is 17.4 Å². The number of rotatable bonds is 5. The van der Waals surface area contributed by atoms with Gasteiger partial charge in [0.1, 0.15) is 17.3 Å². The number of nitrogens with zero attached hydrogens (tertiary/aromatic N) is 4. The Morgan fingerprint density at radius 3 is 2.84 bits per heavy atom. The topological polar surface area (TPSA) is 41.9 Å². The van der Waals surface area contributed by atoms with Gasteiger partial charge >= 0.3 is 0 Å². The van der Waals surface area contributed by atoms with Gasteiger partial charge in [-0.2, -0.15) is 0 Å². The summed E-state index contributed by atoms with van der Waals surface area (Å²) in [5, 5.41) is 0.546. The molecule has 4 nitrogen and oxygen atoms in total. The van der Waals surface area contributed by atoms with E-state index in [2.05, 4.69) is 26.8 Å². The fraction of sp³-hybridized carbons (Fsp3) is 0.357. The van der Waals surface area contributed by atoms with E-state index in [-0.39, 0.29) is 0 Å². The molecule has 0 unspecified atom stereocenters. The van der Waals surface area contributed by atoms with Crippen LogP contribution in [0.5, 0.6) is 0 Å². The number of aromatic nitrogens is 3. The highest BCUT2D eigenvalue weighted by Crippen LogP contribution is 2.24. The maximum Gasteiger partial charge on any atom is 0.137 e. The third kappa shape index (κ3) is 3.41. The molecular formula is C14H17ClN4. The van der Waals surface area contributed by atoms with E-state index in [0.29, 0.717) is 5.15 Å². The van der Waals surface area contributed by atoms with E-state index in [9.17, 15) is 0 Å². The van der Waals surface area contributed by atoms with Crippen LogP contribution in [0.4, 0.5) is 5.82 Å². The Balaban J connectivity index is 2.23. The van der Waals surface area contributed by atoms with Gasteiger partial charge in [0.2, 0.25) is 0 Å². The second-order valence-corrected chi connectivity index (χ2v) is 4.79. The van der Waals surface area contributed by atoms with E-state index < -0.39 is 0 Å². The minimum atomic E-state index is 0.546. The number of halogens is 1. The molecule has 0 radical (unpaired) electrons. The zero-order valence-corrected chi connectivity index (χ0v) is 11.9. The second-order valence-electron chi connectivity index (χ2n) is 4.43. The third-order valence-electron chi connectivity index (χ3n) is 2.87. The molecule has 2 rings (SSSR count). The molecule has 5 heteroatoms. The fourth-order valence-electron chi connectivity index (χ4n) is 2.02. The lowest BCUT2D eigenvalue weighted by Gasteiger charge is -2.21. The average molecular weight is 277 g/mol. The van der Waals surface area contributed by atoms with E-state index >= 15 is 0 Å². The van der Waals surface area contributed by atoms with Crippen LogP contribution in [0.3, 0.4) is 0 Å². The van der Waals surface area contributed by atoms with E-state index in [1.807, 2.05) is 25.4 Å². The number of hydrogen-bond acceptors (Lipinski definition) is 4.